The third-order valence-electron chi connectivity index (χ3n) is 5.20. The first kappa shape index (κ1) is 20.3. The van der Waals surface area contributed by atoms with Crippen molar-refractivity contribution >= 4 is 22.2 Å². The number of nitrogens with zero attached hydrogens (tertiary/aromatic N) is 4. The van der Waals surface area contributed by atoms with E-state index in [1.165, 1.54) is 13.5 Å². The summed E-state index contributed by atoms with van der Waals surface area (Å²) < 4.78 is 39.2. The van der Waals surface area contributed by atoms with Gasteiger partial charge in [0.05, 0.1) is 19.8 Å². The van der Waals surface area contributed by atoms with Gasteiger partial charge in [-0.15, -0.1) is 0 Å². The predicted octanol–water partition coefficient (Wildman–Crippen LogP) is -0.671. The van der Waals surface area contributed by atoms with Crippen LogP contribution in [0.5, 0.6) is 0 Å². The smallest absolute Gasteiger partial charge is 0.409 e. The minimum atomic E-state index is -3.75. The Morgan fingerprint density at radius 2 is 1.67 bits per heavy atom. The van der Waals surface area contributed by atoms with Crippen LogP contribution in [0, 0.1) is 0 Å². The van der Waals surface area contributed by atoms with Gasteiger partial charge in [-0.05, 0) is 19.8 Å². The van der Waals surface area contributed by atoms with Gasteiger partial charge in [0.15, 0.2) is 0 Å². The van der Waals surface area contributed by atoms with Crippen LogP contribution < -0.4 is 0 Å². The lowest BCUT2D eigenvalue weighted by Crippen LogP contribution is -2.57. The van der Waals surface area contributed by atoms with Gasteiger partial charge in [0.2, 0.25) is 5.91 Å². The molecule has 0 radical (unpaired) electrons. The average molecular weight is 404 g/mol. The van der Waals surface area contributed by atoms with Crippen LogP contribution in [0.15, 0.2) is 0 Å². The van der Waals surface area contributed by atoms with E-state index < -0.39 is 22.3 Å². The molecule has 0 spiro atoms. The second kappa shape index (κ2) is 8.72. The summed E-state index contributed by atoms with van der Waals surface area (Å²) in [5.41, 5.74) is 0. The highest BCUT2D eigenvalue weighted by molar-refractivity contribution is 7.86. The summed E-state index contributed by atoms with van der Waals surface area (Å²) in [6.07, 6.45) is 0.789. The number of rotatable bonds is 4. The molecule has 3 fully saturated rings. The third kappa shape index (κ3) is 4.36. The van der Waals surface area contributed by atoms with Crippen molar-refractivity contribution in [1.82, 2.24) is 18.4 Å². The molecular formula is C16H28N4O6S. The van der Waals surface area contributed by atoms with Gasteiger partial charge in [-0.2, -0.15) is 17.0 Å². The Kier molecular flexibility index (Phi) is 6.56. The van der Waals surface area contributed by atoms with Crippen molar-refractivity contribution in [1.29, 1.82) is 0 Å². The maximum absolute atomic E-state index is 13.1. The minimum absolute atomic E-state index is 0.135. The van der Waals surface area contributed by atoms with Gasteiger partial charge in [0.25, 0.3) is 10.2 Å². The minimum Gasteiger partial charge on any atom is -0.450 e. The number of morpholine rings is 1. The van der Waals surface area contributed by atoms with Crippen molar-refractivity contribution in [2.24, 2.45) is 0 Å². The zero-order chi connectivity index (χ0) is 19.4. The number of ether oxygens (including phenoxy) is 2. The van der Waals surface area contributed by atoms with Crippen molar-refractivity contribution in [2.75, 3.05) is 65.6 Å². The van der Waals surface area contributed by atoms with Gasteiger partial charge in [-0.1, -0.05) is 0 Å². The van der Waals surface area contributed by atoms with Gasteiger partial charge >= 0.3 is 6.09 Å². The predicted molar refractivity (Wildman–Crippen MR) is 96.2 cm³/mol. The molecule has 0 aromatic carbocycles. The Balaban J connectivity index is 1.63. The summed E-state index contributed by atoms with van der Waals surface area (Å²) in [6.45, 7) is 5.33. The second-order valence-electron chi connectivity index (χ2n) is 6.80. The van der Waals surface area contributed by atoms with Crippen LogP contribution in [0.25, 0.3) is 0 Å². The molecule has 0 bridgehead atoms. The summed E-state index contributed by atoms with van der Waals surface area (Å²) in [4.78, 5) is 27.8. The van der Waals surface area contributed by atoms with Gasteiger partial charge in [0, 0.05) is 45.8 Å². The van der Waals surface area contributed by atoms with Crippen LogP contribution in [-0.2, 0) is 24.5 Å². The van der Waals surface area contributed by atoms with Crippen LogP contribution in [0.4, 0.5) is 4.79 Å². The molecule has 11 heteroatoms. The van der Waals surface area contributed by atoms with E-state index in [1.807, 2.05) is 0 Å². The first-order valence-electron chi connectivity index (χ1n) is 9.50. The molecule has 2 amide bonds. The Labute approximate surface area is 160 Å². The Morgan fingerprint density at radius 3 is 2.30 bits per heavy atom. The molecule has 0 aromatic heterocycles. The van der Waals surface area contributed by atoms with E-state index in [1.54, 1.807) is 11.8 Å². The number of carbonyl (C=O) groups excluding carboxylic acids is 2. The SMILES string of the molecule is CCOC(=O)N1CCN(S(=O)(=O)N2CCCC2C(=O)N2CCOCC2)CC1. The summed E-state index contributed by atoms with van der Waals surface area (Å²) in [7, 11) is -3.75. The molecule has 3 saturated heterocycles. The normalized spacial score (nSPS) is 25.6. The van der Waals surface area contributed by atoms with Crippen LogP contribution >= 0.6 is 0 Å². The Morgan fingerprint density at radius 1 is 1.00 bits per heavy atom. The van der Waals surface area contributed by atoms with Crippen molar-refractivity contribution in [3.05, 3.63) is 0 Å². The second-order valence-corrected chi connectivity index (χ2v) is 8.68. The third-order valence-corrected chi connectivity index (χ3v) is 7.25. The molecule has 0 saturated carbocycles. The number of amides is 2. The van der Waals surface area contributed by atoms with Gasteiger partial charge < -0.3 is 19.3 Å². The molecule has 3 rings (SSSR count). The van der Waals surface area contributed by atoms with Crippen LogP contribution in [0.3, 0.4) is 0 Å². The molecule has 0 N–H and O–H groups in total. The molecule has 3 aliphatic rings. The van der Waals surface area contributed by atoms with Crippen LogP contribution in [0.1, 0.15) is 19.8 Å². The fourth-order valence-corrected chi connectivity index (χ4v) is 5.52. The lowest BCUT2D eigenvalue weighted by Gasteiger charge is -2.37. The highest BCUT2D eigenvalue weighted by Gasteiger charge is 2.44. The van der Waals surface area contributed by atoms with Crippen molar-refractivity contribution in [3.8, 4) is 0 Å². The van der Waals surface area contributed by atoms with E-state index in [-0.39, 0.29) is 38.7 Å². The molecule has 3 heterocycles. The molecule has 154 valence electrons. The summed E-state index contributed by atoms with van der Waals surface area (Å²) in [5.74, 6) is -0.135. The van der Waals surface area contributed by atoms with Gasteiger partial charge in [0.1, 0.15) is 6.04 Å². The molecule has 10 nitrogen and oxygen atoms in total. The highest BCUT2D eigenvalue weighted by Crippen LogP contribution is 2.26. The van der Waals surface area contributed by atoms with E-state index in [9.17, 15) is 18.0 Å². The molecule has 27 heavy (non-hydrogen) atoms. The van der Waals surface area contributed by atoms with Gasteiger partial charge in [-0.25, -0.2) is 4.79 Å². The summed E-state index contributed by atoms with van der Waals surface area (Å²) in [6, 6.07) is -0.642. The van der Waals surface area contributed by atoms with Crippen LogP contribution in [-0.4, -0.2) is 111 Å². The molecule has 0 aliphatic carbocycles. The first-order chi connectivity index (χ1) is 12.9. The Bertz CT molecular complexity index is 643. The highest BCUT2D eigenvalue weighted by atomic mass is 32.2. The van der Waals surface area contributed by atoms with E-state index in [2.05, 4.69) is 0 Å². The quantitative estimate of drug-likeness (QED) is 0.616. The van der Waals surface area contributed by atoms with Crippen molar-refractivity contribution < 1.29 is 27.5 Å². The number of hydrogen-bond donors (Lipinski definition) is 0. The van der Waals surface area contributed by atoms with E-state index in [0.29, 0.717) is 45.7 Å². The lowest BCUT2D eigenvalue weighted by atomic mass is 10.2. The monoisotopic (exact) mass is 404 g/mol. The maximum Gasteiger partial charge on any atom is 0.409 e. The van der Waals surface area contributed by atoms with E-state index in [4.69, 9.17) is 9.47 Å². The topological polar surface area (TPSA) is 99.7 Å². The first-order valence-corrected chi connectivity index (χ1v) is 10.9. The maximum atomic E-state index is 13.1. The van der Waals surface area contributed by atoms with E-state index in [0.717, 1.165) is 0 Å². The molecule has 1 atom stereocenters. The summed E-state index contributed by atoms with van der Waals surface area (Å²) in [5, 5.41) is 0. The molecule has 1 unspecified atom stereocenters. The standard InChI is InChI=1S/C16H28N4O6S/c1-2-26-16(22)18-6-8-19(9-7-18)27(23,24)20-5-3-4-14(20)15(21)17-10-12-25-13-11-17/h14H,2-13H2,1H3. The molecular weight excluding hydrogens is 376 g/mol. The van der Waals surface area contributed by atoms with E-state index >= 15 is 0 Å². The number of piperazine rings is 1. The van der Waals surface area contributed by atoms with Crippen molar-refractivity contribution in [2.45, 2.75) is 25.8 Å². The largest absolute Gasteiger partial charge is 0.450 e. The molecule has 3 aliphatic heterocycles. The Hall–Kier alpha value is -1.43. The lowest BCUT2D eigenvalue weighted by molar-refractivity contribution is -0.138. The number of carbonyl (C=O) groups is 2. The van der Waals surface area contributed by atoms with Crippen LogP contribution in [0.2, 0.25) is 0 Å². The molecule has 0 aromatic rings. The summed E-state index contributed by atoms with van der Waals surface area (Å²) >= 11 is 0. The zero-order valence-corrected chi connectivity index (χ0v) is 16.5. The number of hydrogen-bond acceptors (Lipinski definition) is 6. The van der Waals surface area contributed by atoms with Crippen molar-refractivity contribution in [3.63, 3.8) is 0 Å². The fraction of sp³-hybridized carbons (Fsp3) is 0.875. The zero-order valence-electron chi connectivity index (χ0n) is 15.7. The average Bonchev–Trinajstić information content (AvgIpc) is 3.19. The fourth-order valence-electron chi connectivity index (χ4n) is 3.72. The van der Waals surface area contributed by atoms with Gasteiger partial charge in [-0.3, -0.25) is 4.79 Å².